The molecule has 1 aliphatic carbocycles. The van der Waals surface area contributed by atoms with Crippen LogP contribution in [0.1, 0.15) is 30.9 Å². The lowest BCUT2D eigenvalue weighted by molar-refractivity contribution is 0.217. The van der Waals surface area contributed by atoms with Crippen molar-refractivity contribution in [3.8, 4) is 11.8 Å². The quantitative estimate of drug-likeness (QED) is 0.605. The van der Waals surface area contributed by atoms with Crippen molar-refractivity contribution in [1.82, 2.24) is 9.55 Å². The van der Waals surface area contributed by atoms with E-state index in [2.05, 4.69) is 62.7 Å². The number of nitrogens with zero attached hydrogens (tertiary/aromatic N) is 3. The minimum Gasteiger partial charge on any atom is -0.497 e. The molecule has 4 nitrogen and oxygen atoms in total. The van der Waals surface area contributed by atoms with Gasteiger partial charge in [-0.15, -0.1) is 0 Å². The van der Waals surface area contributed by atoms with Crippen molar-refractivity contribution in [1.29, 1.82) is 5.26 Å². The number of rotatable bonds is 4. The maximum Gasteiger partial charge on any atom is 0.118 e. The predicted octanol–water partition coefficient (Wildman–Crippen LogP) is 5.05. The van der Waals surface area contributed by atoms with Crippen LogP contribution in [0, 0.1) is 17.2 Å². The molecule has 0 spiro atoms. The van der Waals surface area contributed by atoms with Crippen LogP contribution in [0.15, 0.2) is 47.2 Å². The molecular weight excluding hydrogens is 390 g/mol. The molecule has 5 heteroatoms. The standard InChI is InChI=1S/C21H20BrN3O/c1-14-9-21(10-14,12-23)16-7-18(22)20-19(8-16)25(13-24-20)11-15-3-5-17(26-2)6-4-15/h3-8,13-14H,9-11H2,1-2H3. The van der Waals surface area contributed by atoms with Gasteiger partial charge in [0.25, 0.3) is 0 Å². The van der Waals surface area contributed by atoms with Crippen LogP contribution in [0.4, 0.5) is 0 Å². The van der Waals surface area contributed by atoms with Crippen molar-refractivity contribution in [3.63, 3.8) is 0 Å². The van der Waals surface area contributed by atoms with Gasteiger partial charge in [0.2, 0.25) is 0 Å². The van der Waals surface area contributed by atoms with Crippen molar-refractivity contribution in [3.05, 3.63) is 58.3 Å². The van der Waals surface area contributed by atoms with E-state index in [9.17, 15) is 5.26 Å². The molecule has 1 aromatic heterocycles. The third kappa shape index (κ3) is 2.79. The summed E-state index contributed by atoms with van der Waals surface area (Å²) in [6.07, 6.45) is 3.72. The van der Waals surface area contributed by atoms with Gasteiger partial charge in [-0.1, -0.05) is 19.1 Å². The van der Waals surface area contributed by atoms with Crippen molar-refractivity contribution in [2.75, 3.05) is 7.11 Å². The lowest BCUT2D eigenvalue weighted by Crippen LogP contribution is -2.38. The Kier molecular flexibility index (Phi) is 4.24. The summed E-state index contributed by atoms with van der Waals surface area (Å²) in [5, 5.41) is 9.78. The molecule has 26 heavy (non-hydrogen) atoms. The van der Waals surface area contributed by atoms with E-state index in [1.165, 1.54) is 5.56 Å². The molecule has 1 saturated carbocycles. The van der Waals surface area contributed by atoms with Gasteiger partial charge in [-0.05, 0) is 70.1 Å². The Balaban J connectivity index is 1.73. The van der Waals surface area contributed by atoms with Crippen LogP contribution in [-0.4, -0.2) is 16.7 Å². The smallest absolute Gasteiger partial charge is 0.118 e. The zero-order valence-electron chi connectivity index (χ0n) is 14.9. The first-order valence-corrected chi connectivity index (χ1v) is 9.53. The highest BCUT2D eigenvalue weighted by atomic mass is 79.9. The summed E-state index contributed by atoms with van der Waals surface area (Å²) >= 11 is 3.65. The van der Waals surface area contributed by atoms with Crippen LogP contribution in [0.5, 0.6) is 5.75 Å². The second kappa shape index (κ2) is 6.44. The molecule has 0 amide bonds. The van der Waals surface area contributed by atoms with Gasteiger partial charge in [0.1, 0.15) is 11.3 Å². The van der Waals surface area contributed by atoms with E-state index in [1.807, 2.05) is 18.5 Å². The summed E-state index contributed by atoms with van der Waals surface area (Å²) in [7, 11) is 1.67. The minimum absolute atomic E-state index is 0.356. The molecule has 1 fully saturated rings. The van der Waals surface area contributed by atoms with Crippen LogP contribution in [-0.2, 0) is 12.0 Å². The first-order valence-electron chi connectivity index (χ1n) is 8.74. The van der Waals surface area contributed by atoms with Crippen LogP contribution >= 0.6 is 15.9 Å². The third-order valence-corrected chi connectivity index (χ3v) is 5.96. The molecule has 1 heterocycles. The summed E-state index contributed by atoms with van der Waals surface area (Å²) in [6.45, 7) is 2.93. The van der Waals surface area contributed by atoms with Crippen molar-refractivity contribution in [2.24, 2.45) is 5.92 Å². The van der Waals surface area contributed by atoms with Gasteiger partial charge in [0.05, 0.1) is 30.4 Å². The molecule has 0 N–H and O–H groups in total. The molecule has 0 aliphatic heterocycles. The monoisotopic (exact) mass is 409 g/mol. The van der Waals surface area contributed by atoms with Crippen LogP contribution in [0.25, 0.3) is 11.0 Å². The Labute approximate surface area is 161 Å². The van der Waals surface area contributed by atoms with Crippen molar-refractivity contribution in [2.45, 2.75) is 31.7 Å². The van der Waals surface area contributed by atoms with E-state index < -0.39 is 0 Å². The maximum absolute atomic E-state index is 9.78. The van der Waals surface area contributed by atoms with Gasteiger partial charge in [0, 0.05) is 11.0 Å². The number of hydrogen-bond donors (Lipinski definition) is 0. The van der Waals surface area contributed by atoms with Gasteiger partial charge in [-0.3, -0.25) is 0 Å². The molecule has 0 radical (unpaired) electrons. The molecule has 1 aliphatic rings. The van der Waals surface area contributed by atoms with Crippen molar-refractivity contribution >= 4 is 27.0 Å². The lowest BCUT2D eigenvalue weighted by atomic mass is 9.60. The van der Waals surface area contributed by atoms with Gasteiger partial charge in [-0.2, -0.15) is 5.26 Å². The van der Waals surface area contributed by atoms with Gasteiger partial charge >= 0.3 is 0 Å². The number of nitriles is 1. The summed E-state index contributed by atoms with van der Waals surface area (Å²) in [5.41, 5.74) is 3.90. The number of aromatic nitrogens is 2. The topological polar surface area (TPSA) is 50.8 Å². The maximum atomic E-state index is 9.78. The first-order chi connectivity index (χ1) is 12.5. The number of hydrogen-bond acceptors (Lipinski definition) is 3. The molecule has 4 rings (SSSR count). The predicted molar refractivity (Wildman–Crippen MR) is 105 cm³/mol. The Morgan fingerprint density at radius 1 is 1.31 bits per heavy atom. The molecule has 0 atom stereocenters. The normalized spacial score (nSPS) is 22.0. The Morgan fingerprint density at radius 2 is 2.04 bits per heavy atom. The number of ether oxygens (including phenoxy) is 1. The highest BCUT2D eigenvalue weighted by Crippen LogP contribution is 2.48. The molecule has 0 unspecified atom stereocenters. The van der Waals surface area contributed by atoms with Gasteiger partial charge in [-0.25, -0.2) is 4.98 Å². The largest absolute Gasteiger partial charge is 0.497 e. The third-order valence-electron chi connectivity index (χ3n) is 5.35. The minimum atomic E-state index is -0.356. The molecule has 3 aromatic rings. The van der Waals surface area contributed by atoms with E-state index in [0.717, 1.165) is 46.2 Å². The zero-order valence-corrected chi connectivity index (χ0v) is 16.5. The number of benzene rings is 2. The number of fused-ring (bicyclic) bond motifs is 1. The Hall–Kier alpha value is -2.32. The van der Waals surface area contributed by atoms with Gasteiger partial charge < -0.3 is 9.30 Å². The second-order valence-corrected chi connectivity index (χ2v) is 8.11. The highest BCUT2D eigenvalue weighted by molar-refractivity contribution is 9.10. The molecule has 2 aromatic carbocycles. The second-order valence-electron chi connectivity index (χ2n) is 7.25. The Morgan fingerprint density at radius 3 is 2.65 bits per heavy atom. The first kappa shape index (κ1) is 17.1. The lowest BCUT2D eigenvalue weighted by Gasteiger charge is -2.41. The zero-order chi connectivity index (χ0) is 18.3. The highest BCUT2D eigenvalue weighted by Gasteiger charge is 2.44. The fourth-order valence-corrected chi connectivity index (χ4v) is 4.52. The number of halogens is 1. The molecule has 132 valence electrons. The van der Waals surface area contributed by atoms with Crippen LogP contribution in [0.3, 0.4) is 0 Å². The van der Waals surface area contributed by atoms with Gasteiger partial charge in [0.15, 0.2) is 0 Å². The van der Waals surface area contributed by atoms with Crippen LogP contribution in [0.2, 0.25) is 0 Å². The molecule has 0 saturated heterocycles. The summed E-state index contributed by atoms with van der Waals surface area (Å²) in [4.78, 5) is 4.56. The fraction of sp³-hybridized carbons (Fsp3) is 0.333. The average Bonchev–Trinajstić information content (AvgIpc) is 3.03. The average molecular weight is 410 g/mol. The SMILES string of the molecule is COc1ccc(Cn2cnc3c(Br)cc(C4(C#N)CC(C)C4)cc32)cc1. The number of methoxy groups -OCH3 is 1. The summed E-state index contributed by atoms with van der Waals surface area (Å²) in [5.74, 6) is 1.46. The fourth-order valence-electron chi connectivity index (χ4n) is 3.97. The van der Waals surface area contributed by atoms with E-state index in [0.29, 0.717) is 5.92 Å². The van der Waals surface area contributed by atoms with E-state index in [4.69, 9.17) is 4.74 Å². The Bertz CT molecular complexity index is 995. The van der Waals surface area contributed by atoms with Crippen molar-refractivity contribution < 1.29 is 4.74 Å². The summed E-state index contributed by atoms with van der Waals surface area (Å²) in [6, 6.07) is 14.8. The summed E-state index contributed by atoms with van der Waals surface area (Å²) < 4.78 is 8.32. The molecular formula is C21H20BrN3O. The number of imidazole rings is 1. The van der Waals surface area contributed by atoms with E-state index in [-0.39, 0.29) is 5.41 Å². The van der Waals surface area contributed by atoms with E-state index in [1.54, 1.807) is 7.11 Å². The van der Waals surface area contributed by atoms with E-state index >= 15 is 0 Å². The molecule has 0 bridgehead atoms. The van der Waals surface area contributed by atoms with Crippen LogP contribution < -0.4 is 4.74 Å².